The number of hydrogen-bond donors (Lipinski definition) is 2. The van der Waals surface area contributed by atoms with Gasteiger partial charge in [0.1, 0.15) is 0 Å². The van der Waals surface area contributed by atoms with Crippen LogP contribution in [0.25, 0.3) is 11.1 Å². The van der Waals surface area contributed by atoms with Gasteiger partial charge >= 0.3 is 0 Å². The van der Waals surface area contributed by atoms with Crippen LogP contribution in [0.3, 0.4) is 0 Å². The highest BCUT2D eigenvalue weighted by Gasteiger charge is 2.16. The van der Waals surface area contributed by atoms with E-state index in [-0.39, 0.29) is 22.9 Å². The molecule has 2 aromatic carbocycles. The third-order valence-corrected chi connectivity index (χ3v) is 9.28. The van der Waals surface area contributed by atoms with Gasteiger partial charge in [-0.05, 0) is 58.3 Å². The van der Waals surface area contributed by atoms with Crippen LogP contribution in [0.1, 0.15) is 9.75 Å². The summed E-state index contributed by atoms with van der Waals surface area (Å²) in [5, 5.41) is 3.80. The Kier molecular flexibility index (Phi) is 6.89. The first-order valence-electron chi connectivity index (χ1n) is 9.58. The van der Waals surface area contributed by atoms with E-state index in [2.05, 4.69) is 9.44 Å². The quantitative estimate of drug-likeness (QED) is 0.353. The van der Waals surface area contributed by atoms with Gasteiger partial charge in [-0.15, -0.1) is 22.7 Å². The standard InChI is InChI=1S/C22H20N2O4S4/c25-31(26,23-15-19-3-1-13-29-19)21-9-5-17(6-10-21)18-7-11-22(12-8-18)32(27,28)24-16-20-4-2-14-30-20/h1-14,23-24H,15-16H2. The fourth-order valence-electron chi connectivity index (χ4n) is 2.98. The zero-order chi connectivity index (χ0) is 22.6. The van der Waals surface area contributed by atoms with Crippen LogP contribution in [0.15, 0.2) is 93.3 Å². The smallest absolute Gasteiger partial charge is 0.207 e. The predicted octanol–water partition coefficient (Wildman–Crippen LogP) is 4.43. The van der Waals surface area contributed by atoms with Gasteiger partial charge in [0.25, 0.3) is 0 Å². The highest BCUT2D eigenvalue weighted by Crippen LogP contribution is 2.23. The van der Waals surface area contributed by atoms with E-state index >= 15 is 0 Å². The Balaban J connectivity index is 1.43. The minimum atomic E-state index is -3.62. The normalized spacial score (nSPS) is 12.1. The number of sulfonamides is 2. The van der Waals surface area contributed by atoms with Gasteiger partial charge in [0.05, 0.1) is 9.79 Å². The summed E-state index contributed by atoms with van der Waals surface area (Å²) in [6, 6.07) is 20.5. The fraction of sp³-hybridized carbons (Fsp3) is 0.0909. The minimum Gasteiger partial charge on any atom is -0.207 e. The van der Waals surface area contributed by atoms with E-state index < -0.39 is 20.0 Å². The third-order valence-electron chi connectivity index (χ3n) is 4.70. The molecular weight excluding hydrogens is 485 g/mol. The Morgan fingerprint density at radius 3 is 1.25 bits per heavy atom. The van der Waals surface area contributed by atoms with E-state index in [9.17, 15) is 16.8 Å². The summed E-state index contributed by atoms with van der Waals surface area (Å²) in [5.41, 5.74) is 1.58. The SMILES string of the molecule is O=S(=O)(NCc1cccs1)c1ccc(-c2ccc(S(=O)(=O)NCc3cccs3)cc2)cc1. The molecule has 0 unspecified atom stereocenters. The summed E-state index contributed by atoms with van der Waals surface area (Å²) in [4.78, 5) is 2.22. The minimum absolute atomic E-state index is 0.176. The van der Waals surface area contributed by atoms with Crippen molar-refractivity contribution in [3.05, 3.63) is 93.3 Å². The van der Waals surface area contributed by atoms with Gasteiger partial charge in [-0.2, -0.15) is 0 Å². The zero-order valence-corrected chi connectivity index (χ0v) is 20.0. The van der Waals surface area contributed by atoms with Gasteiger partial charge in [0.15, 0.2) is 0 Å². The lowest BCUT2D eigenvalue weighted by Gasteiger charge is -2.09. The molecule has 0 spiro atoms. The van der Waals surface area contributed by atoms with E-state index in [0.717, 1.165) is 20.9 Å². The Hall–Kier alpha value is -2.34. The Morgan fingerprint density at radius 1 is 0.562 bits per heavy atom. The average Bonchev–Trinajstić information content (AvgIpc) is 3.51. The molecule has 0 saturated heterocycles. The lowest BCUT2D eigenvalue weighted by atomic mass is 10.1. The number of thiophene rings is 2. The van der Waals surface area contributed by atoms with Gasteiger partial charge in [-0.1, -0.05) is 36.4 Å². The molecular formula is C22H20N2O4S4. The van der Waals surface area contributed by atoms with Crippen LogP contribution >= 0.6 is 22.7 Å². The number of rotatable bonds is 9. The second kappa shape index (κ2) is 9.65. The summed E-state index contributed by atoms with van der Waals surface area (Å²) < 4.78 is 55.2. The molecule has 4 aromatic rings. The first-order valence-corrected chi connectivity index (χ1v) is 14.3. The molecule has 6 nitrogen and oxygen atoms in total. The van der Waals surface area contributed by atoms with Crippen LogP contribution in [0.2, 0.25) is 0 Å². The van der Waals surface area contributed by atoms with Crippen LogP contribution < -0.4 is 9.44 Å². The lowest BCUT2D eigenvalue weighted by molar-refractivity contribution is 0.580. The van der Waals surface area contributed by atoms with Gasteiger partial charge in [0.2, 0.25) is 20.0 Å². The summed E-state index contributed by atoms with van der Waals surface area (Å²) in [5.74, 6) is 0. The van der Waals surface area contributed by atoms with Crippen LogP contribution in [0.5, 0.6) is 0 Å². The van der Waals surface area contributed by atoms with Crippen molar-refractivity contribution in [3.8, 4) is 11.1 Å². The molecule has 2 heterocycles. The van der Waals surface area contributed by atoms with E-state index in [1.54, 1.807) is 48.5 Å². The molecule has 2 N–H and O–H groups in total. The zero-order valence-electron chi connectivity index (χ0n) is 16.8. The Morgan fingerprint density at radius 2 is 0.938 bits per heavy atom. The molecule has 0 radical (unpaired) electrons. The predicted molar refractivity (Wildman–Crippen MR) is 129 cm³/mol. The average molecular weight is 505 g/mol. The fourth-order valence-corrected chi connectivity index (χ4v) is 6.46. The van der Waals surface area contributed by atoms with E-state index in [1.807, 2.05) is 35.0 Å². The van der Waals surface area contributed by atoms with Crippen molar-refractivity contribution in [2.24, 2.45) is 0 Å². The van der Waals surface area contributed by atoms with Crippen molar-refractivity contribution in [3.63, 3.8) is 0 Å². The molecule has 166 valence electrons. The topological polar surface area (TPSA) is 92.3 Å². The molecule has 0 fully saturated rings. The molecule has 0 atom stereocenters. The molecule has 0 aliphatic rings. The maximum atomic E-state index is 12.5. The second-order valence-electron chi connectivity index (χ2n) is 6.86. The maximum Gasteiger partial charge on any atom is 0.240 e. The van der Waals surface area contributed by atoms with Gasteiger partial charge in [-0.3, -0.25) is 0 Å². The summed E-state index contributed by atoms with van der Waals surface area (Å²) in [7, 11) is -7.23. The molecule has 0 bridgehead atoms. The van der Waals surface area contributed by atoms with Crippen molar-refractivity contribution in [2.45, 2.75) is 22.9 Å². The molecule has 10 heteroatoms. The van der Waals surface area contributed by atoms with E-state index in [0.29, 0.717) is 0 Å². The maximum absolute atomic E-state index is 12.5. The molecule has 4 rings (SSSR count). The van der Waals surface area contributed by atoms with Crippen LogP contribution in [-0.4, -0.2) is 16.8 Å². The van der Waals surface area contributed by atoms with Crippen molar-refractivity contribution < 1.29 is 16.8 Å². The van der Waals surface area contributed by atoms with Crippen molar-refractivity contribution in [1.29, 1.82) is 0 Å². The van der Waals surface area contributed by atoms with Crippen LogP contribution in [-0.2, 0) is 33.1 Å². The molecule has 0 aliphatic carbocycles. The largest absolute Gasteiger partial charge is 0.240 e. The first-order chi connectivity index (χ1) is 15.3. The first kappa shape index (κ1) is 22.8. The number of nitrogens with one attached hydrogen (secondary N) is 2. The van der Waals surface area contributed by atoms with Crippen molar-refractivity contribution in [1.82, 2.24) is 9.44 Å². The van der Waals surface area contributed by atoms with Gasteiger partial charge < -0.3 is 0 Å². The summed E-state index contributed by atoms with van der Waals surface area (Å²) >= 11 is 2.98. The lowest BCUT2D eigenvalue weighted by Crippen LogP contribution is -2.22. The molecule has 0 saturated carbocycles. The third kappa shape index (κ3) is 5.52. The summed E-state index contributed by atoms with van der Waals surface area (Å²) in [6.07, 6.45) is 0. The van der Waals surface area contributed by atoms with E-state index in [1.165, 1.54) is 22.7 Å². The summed E-state index contributed by atoms with van der Waals surface area (Å²) in [6.45, 7) is 0.496. The van der Waals surface area contributed by atoms with Crippen LogP contribution in [0, 0.1) is 0 Å². The number of benzene rings is 2. The van der Waals surface area contributed by atoms with E-state index in [4.69, 9.17) is 0 Å². The number of hydrogen-bond acceptors (Lipinski definition) is 6. The highest BCUT2D eigenvalue weighted by atomic mass is 32.2. The Labute approximate surface area is 195 Å². The van der Waals surface area contributed by atoms with Gasteiger partial charge in [0, 0.05) is 22.8 Å². The molecule has 32 heavy (non-hydrogen) atoms. The highest BCUT2D eigenvalue weighted by molar-refractivity contribution is 7.89. The molecule has 0 amide bonds. The monoisotopic (exact) mass is 504 g/mol. The Bertz CT molecular complexity index is 1250. The van der Waals surface area contributed by atoms with Crippen molar-refractivity contribution >= 4 is 42.7 Å². The van der Waals surface area contributed by atoms with Crippen LogP contribution in [0.4, 0.5) is 0 Å². The van der Waals surface area contributed by atoms with Crippen molar-refractivity contribution in [2.75, 3.05) is 0 Å². The van der Waals surface area contributed by atoms with Gasteiger partial charge in [-0.25, -0.2) is 26.3 Å². The molecule has 0 aliphatic heterocycles. The molecule has 2 aromatic heterocycles. The second-order valence-corrected chi connectivity index (χ2v) is 12.5.